The second kappa shape index (κ2) is 6.51. The fraction of sp³-hybridized carbons (Fsp3) is 0.400. The minimum atomic E-state index is 0.266. The molecule has 102 valence electrons. The van der Waals surface area contributed by atoms with Crippen molar-refractivity contribution in [3.63, 3.8) is 0 Å². The average molecular weight is 295 g/mol. The van der Waals surface area contributed by atoms with Gasteiger partial charge in [0.15, 0.2) is 0 Å². The highest BCUT2D eigenvalue weighted by Gasteiger charge is 2.13. The number of nitrogens with zero attached hydrogens (tertiary/aromatic N) is 1. The van der Waals surface area contributed by atoms with Crippen molar-refractivity contribution < 1.29 is 0 Å². The quantitative estimate of drug-likeness (QED) is 0.885. The molecule has 0 radical (unpaired) electrons. The van der Waals surface area contributed by atoms with Gasteiger partial charge in [-0.25, -0.2) is 4.98 Å². The standard InChI is InChI=1S/C15H19ClN2S/c1-10(8-13-6-4-5-7-14(13)16)17-11(2)15-9-19-12(3)18-15/h4-7,9-11,17H,8H2,1-3H3. The lowest BCUT2D eigenvalue weighted by molar-refractivity contribution is 0.471. The molecule has 2 rings (SSSR count). The maximum absolute atomic E-state index is 6.19. The Morgan fingerprint density at radius 3 is 2.68 bits per heavy atom. The first-order valence-corrected chi connectivity index (χ1v) is 7.73. The number of rotatable bonds is 5. The summed E-state index contributed by atoms with van der Waals surface area (Å²) >= 11 is 7.88. The van der Waals surface area contributed by atoms with Crippen molar-refractivity contribution in [3.05, 3.63) is 50.9 Å². The molecule has 19 heavy (non-hydrogen) atoms. The van der Waals surface area contributed by atoms with E-state index in [0.717, 1.165) is 22.1 Å². The van der Waals surface area contributed by atoms with Gasteiger partial charge in [0.25, 0.3) is 0 Å². The van der Waals surface area contributed by atoms with Gasteiger partial charge in [0.1, 0.15) is 0 Å². The Balaban J connectivity index is 1.94. The topological polar surface area (TPSA) is 24.9 Å². The van der Waals surface area contributed by atoms with Crippen LogP contribution in [0.1, 0.15) is 36.2 Å². The fourth-order valence-corrected chi connectivity index (χ4v) is 3.06. The first-order chi connectivity index (χ1) is 9.06. The lowest BCUT2D eigenvalue weighted by Gasteiger charge is -2.19. The van der Waals surface area contributed by atoms with Gasteiger partial charge in [-0.2, -0.15) is 0 Å². The highest BCUT2D eigenvalue weighted by molar-refractivity contribution is 7.09. The summed E-state index contributed by atoms with van der Waals surface area (Å²) in [6.45, 7) is 6.37. The first kappa shape index (κ1) is 14.5. The van der Waals surface area contributed by atoms with Crippen LogP contribution in [0.5, 0.6) is 0 Å². The summed E-state index contributed by atoms with van der Waals surface area (Å²) in [7, 11) is 0. The molecule has 2 atom stereocenters. The molecule has 0 saturated heterocycles. The summed E-state index contributed by atoms with van der Waals surface area (Å²) in [5, 5.41) is 7.65. The number of halogens is 1. The molecule has 2 aromatic rings. The van der Waals surface area contributed by atoms with E-state index in [1.165, 1.54) is 5.56 Å². The van der Waals surface area contributed by atoms with Crippen molar-refractivity contribution in [1.29, 1.82) is 0 Å². The van der Waals surface area contributed by atoms with Crippen molar-refractivity contribution in [1.82, 2.24) is 10.3 Å². The van der Waals surface area contributed by atoms with Gasteiger partial charge < -0.3 is 5.32 Å². The molecule has 0 saturated carbocycles. The molecule has 2 nitrogen and oxygen atoms in total. The third-order valence-corrected chi connectivity index (χ3v) is 4.26. The van der Waals surface area contributed by atoms with Crippen LogP contribution >= 0.6 is 22.9 Å². The van der Waals surface area contributed by atoms with E-state index in [4.69, 9.17) is 11.6 Å². The molecule has 0 aliphatic rings. The van der Waals surface area contributed by atoms with Crippen LogP contribution in [0.25, 0.3) is 0 Å². The van der Waals surface area contributed by atoms with E-state index < -0.39 is 0 Å². The summed E-state index contributed by atoms with van der Waals surface area (Å²) in [6, 6.07) is 8.64. The SMILES string of the molecule is Cc1nc(C(C)NC(C)Cc2ccccc2Cl)cs1. The summed E-state index contributed by atoms with van der Waals surface area (Å²) in [6.07, 6.45) is 0.924. The van der Waals surface area contributed by atoms with E-state index in [0.29, 0.717) is 6.04 Å². The Bertz CT molecular complexity index is 538. The number of aromatic nitrogens is 1. The summed E-state index contributed by atoms with van der Waals surface area (Å²) in [5.41, 5.74) is 2.30. The van der Waals surface area contributed by atoms with Crippen LogP contribution in [0, 0.1) is 6.92 Å². The molecule has 0 aliphatic carbocycles. The van der Waals surface area contributed by atoms with Gasteiger partial charge in [-0.05, 0) is 38.8 Å². The predicted molar refractivity (Wildman–Crippen MR) is 83.0 cm³/mol. The number of aryl methyl sites for hydroxylation is 1. The highest BCUT2D eigenvalue weighted by atomic mass is 35.5. The zero-order valence-corrected chi connectivity index (χ0v) is 13.1. The third-order valence-electron chi connectivity index (χ3n) is 3.10. The van der Waals surface area contributed by atoms with E-state index in [1.54, 1.807) is 11.3 Å². The lowest BCUT2D eigenvalue weighted by Crippen LogP contribution is -2.31. The normalized spacial score (nSPS) is 14.3. The van der Waals surface area contributed by atoms with Crippen LogP contribution in [0.3, 0.4) is 0 Å². The first-order valence-electron chi connectivity index (χ1n) is 6.47. The largest absolute Gasteiger partial charge is 0.306 e. The minimum Gasteiger partial charge on any atom is -0.306 e. The van der Waals surface area contributed by atoms with E-state index >= 15 is 0 Å². The highest BCUT2D eigenvalue weighted by Crippen LogP contribution is 2.19. The van der Waals surface area contributed by atoms with Crippen LogP contribution in [0.15, 0.2) is 29.6 Å². The zero-order chi connectivity index (χ0) is 13.8. The Kier molecular flexibility index (Phi) is 4.97. The van der Waals surface area contributed by atoms with E-state index in [-0.39, 0.29) is 6.04 Å². The van der Waals surface area contributed by atoms with Gasteiger partial charge in [0.05, 0.1) is 10.7 Å². The minimum absolute atomic E-state index is 0.266. The number of hydrogen-bond donors (Lipinski definition) is 1. The smallest absolute Gasteiger partial charge is 0.0898 e. The van der Waals surface area contributed by atoms with E-state index in [2.05, 4.69) is 35.6 Å². The van der Waals surface area contributed by atoms with Crippen molar-refractivity contribution in [2.75, 3.05) is 0 Å². The van der Waals surface area contributed by atoms with E-state index in [9.17, 15) is 0 Å². The second-order valence-corrected chi connectivity index (χ2v) is 6.35. The summed E-state index contributed by atoms with van der Waals surface area (Å²) in [4.78, 5) is 4.52. The Hall–Kier alpha value is -0.900. The molecule has 1 aromatic heterocycles. The molecule has 4 heteroatoms. The third kappa shape index (κ3) is 4.03. The molecule has 0 bridgehead atoms. The molecule has 1 heterocycles. The maximum Gasteiger partial charge on any atom is 0.0898 e. The van der Waals surface area contributed by atoms with Crippen molar-refractivity contribution in [2.24, 2.45) is 0 Å². The van der Waals surface area contributed by atoms with Gasteiger partial charge >= 0.3 is 0 Å². The molecular weight excluding hydrogens is 276 g/mol. The molecule has 0 aliphatic heterocycles. The van der Waals surface area contributed by atoms with Gasteiger partial charge in [-0.1, -0.05) is 29.8 Å². The molecule has 1 aromatic carbocycles. The average Bonchev–Trinajstić information content (AvgIpc) is 2.79. The predicted octanol–water partition coefficient (Wildman–Crippen LogP) is 4.39. The molecule has 0 spiro atoms. The van der Waals surface area contributed by atoms with Gasteiger partial charge in [-0.15, -0.1) is 11.3 Å². The number of thiazole rings is 1. The lowest BCUT2D eigenvalue weighted by atomic mass is 10.1. The Morgan fingerprint density at radius 1 is 1.32 bits per heavy atom. The van der Waals surface area contributed by atoms with Crippen molar-refractivity contribution >= 4 is 22.9 Å². The summed E-state index contributed by atoms with van der Waals surface area (Å²) < 4.78 is 0. The Morgan fingerprint density at radius 2 is 2.05 bits per heavy atom. The Labute approximate surface area is 123 Å². The molecule has 0 fully saturated rings. The second-order valence-electron chi connectivity index (χ2n) is 4.88. The molecule has 1 N–H and O–H groups in total. The zero-order valence-electron chi connectivity index (χ0n) is 11.5. The molecule has 0 amide bonds. The number of hydrogen-bond acceptors (Lipinski definition) is 3. The van der Waals surface area contributed by atoms with Crippen LogP contribution in [-0.2, 0) is 6.42 Å². The van der Waals surface area contributed by atoms with Gasteiger partial charge in [-0.3, -0.25) is 0 Å². The van der Waals surface area contributed by atoms with Crippen molar-refractivity contribution in [2.45, 2.75) is 39.3 Å². The molecule has 2 unspecified atom stereocenters. The van der Waals surface area contributed by atoms with Gasteiger partial charge in [0, 0.05) is 22.5 Å². The van der Waals surface area contributed by atoms with Crippen LogP contribution in [0.2, 0.25) is 5.02 Å². The van der Waals surface area contributed by atoms with Crippen LogP contribution in [-0.4, -0.2) is 11.0 Å². The van der Waals surface area contributed by atoms with Crippen molar-refractivity contribution in [3.8, 4) is 0 Å². The van der Waals surface area contributed by atoms with Crippen LogP contribution < -0.4 is 5.32 Å². The van der Waals surface area contributed by atoms with E-state index in [1.807, 2.05) is 25.1 Å². The molecular formula is C15H19ClN2S. The number of benzene rings is 1. The number of nitrogens with one attached hydrogen (secondary N) is 1. The fourth-order valence-electron chi connectivity index (χ4n) is 2.14. The summed E-state index contributed by atoms with van der Waals surface area (Å²) in [5.74, 6) is 0. The van der Waals surface area contributed by atoms with Gasteiger partial charge in [0.2, 0.25) is 0 Å². The monoisotopic (exact) mass is 294 g/mol. The maximum atomic E-state index is 6.19. The van der Waals surface area contributed by atoms with Crippen LogP contribution in [0.4, 0.5) is 0 Å².